The summed E-state index contributed by atoms with van der Waals surface area (Å²) in [7, 11) is 1.40. The van der Waals surface area contributed by atoms with E-state index in [2.05, 4.69) is 10.3 Å². The lowest BCUT2D eigenvalue weighted by atomic mass is 10.1. The van der Waals surface area contributed by atoms with Crippen LogP contribution in [0.5, 0.6) is 0 Å². The van der Waals surface area contributed by atoms with Crippen molar-refractivity contribution in [1.29, 1.82) is 0 Å². The van der Waals surface area contributed by atoms with Crippen molar-refractivity contribution in [3.63, 3.8) is 0 Å². The molecule has 0 aliphatic heterocycles. The molecule has 0 atom stereocenters. The van der Waals surface area contributed by atoms with Gasteiger partial charge in [-0.1, -0.05) is 13.8 Å². The molecule has 0 aliphatic rings. The molecule has 0 radical (unpaired) electrons. The Morgan fingerprint density at radius 2 is 2.31 bits per heavy atom. The van der Waals surface area contributed by atoms with E-state index in [1.807, 2.05) is 13.8 Å². The summed E-state index contributed by atoms with van der Waals surface area (Å²) in [6, 6.07) is 1.63. The molecule has 0 aliphatic carbocycles. The summed E-state index contributed by atoms with van der Waals surface area (Å²) in [6.45, 7) is 3.92. The van der Waals surface area contributed by atoms with E-state index in [-0.39, 0.29) is 11.8 Å². The zero-order valence-electron chi connectivity index (χ0n) is 7.96. The van der Waals surface area contributed by atoms with Gasteiger partial charge in [-0.15, -0.1) is 0 Å². The van der Waals surface area contributed by atoms with Gasteiger partial charge < -0.3 is 4.42 Å². The van der Waals surface area contributed by atoms with Crippen LogP contribution in [0.25, 0.3) is 0 Å². The van der Waals surface area contributed by atoms with Crippen molar-refractivity contribution in [3.8, 4) is 0 Å². The first kappa shape index (κ1) is 9.80. The highest BCUT2D eigenvalue weighted by Crippen LogP contribution is 2.20. The zero-order chi connectivity index (χ0) is 9.84. The normalized spacial score (nSPS) is 10.5. The Kier molecular flexibility index (Phi) is 3.08. The van der Waals surface area contributed by atoms with Gasteiger partial charge in [0.1, 0.15) is 5.76 Å². The van der Waals surface area contributed by atoms with Crippen LogP contribution < -0.4 is 5.48 Å². The molecule has 72 valence electrons. The standard InChI is InChI=1S/C9H13NO3/c1-6(2)8-7(4-5-13-8)9(11)10-12-3/h4-6H,1-3H3,(H,10,11). The summed E-state index contributed by atoms with van der Waals surface area (Å²) in [5.41, 5.74) is 2.77. The smallest absolute Gasteiger partial charge is 0.278 e. The fourth-order valence-electron chi connectivity index (χ4n) is 1.10. The van der Waals surface area contributed by atoms with Gasteiger partial charge in [-0.05, 0) is 6.07 Å². The Morgan fingerprint density at radius 3 is 2.85 bits per heavy atom. The molecular formula is C9H13NO3. The molecule has 1 aromatic rings. The fraction of sp³-hybridized carbons (Fsp3) is 0.444. The summed E-state index contributed by atoms with van der Waals surface area (Å²) in [5, 5.41) is 0. The van der Waals surface area contributed by atoms with Crippen molar-refractivity contribution >= 4 is 5.91 Å². The van der Waals surface area contributed by atoms with Crippen LogP contribution in [0.1, 0.15) is 35.9 Å². The van der Waals surface area contributed by atoms with Gasteiger partial charge in [-0.3, -0.25) is 9.63 Å². The minimum absolute atomic E-state index is 0.188. The molecule has 0 unspecified atom stereocenters. The highest BCUT2D eigenvalue weighted by atomic mass is 16.6. The van der Waals surface area contributed by atoms with Crippen LogP contribution in [-0.4, -0.2) is 13.0 Å². The van der Waals surface area contributed by atoms with E-state index in [0.29, 0.717) is 11.3 Å². The number of carbonyl (C=O) groups is 1. The Labute approximate surface area is 76.8 Å². The van der Waals surface area contributed by atoms with E-state index in [0.717, 1.165) is 0 Å². The molecule has 0 aromatic carbocycles. The Morgan fingerprint density at radius 1 is 1.62 bits per heavy atom. The third-order valence-electron chi connectivity index (χ3n) is 1.66. The van der Waals surface area contributed by atoms with Crippen molar-refractivity contribution in [2.45, 2.75) is 19.8 Å². The second kappa shape index (κ2) is 4.09. The average molecular weight is 183 g/mol. The number of amides is 1. The van der Waals surface area contributed by atoms with Crippen LogP contribution in [0.4, 0.5) is 0 Å². The molecule has 0 spiro atoms. The predicted molar refractivity (Wildman–Crippen MR) is 47.3 cm³/mol. The maximum absolute atomic E-state index is 11.3. The number of rotatable bonds is 3. The number of hydrogen-bond acceptors (Lipinski definition) is 3. The minimum Gasteiger partial charge on any atom is -0.468 e. The number of hydrogen-bond donors (Lipinski definition) is 1. The summed E-state index contributed by atoms with van der Waals surface area (Å²) in [6.07, 6.45) is 1.50. The summed E-state index contributed by atoms with van der Waals surface area (Å²) >= 11 is 0. The van der Waals surface area contributed by atoms with Crippen LogP contribution in [0.15, 0.2) is 16.7 Å². The molecule has 0 saturated carbocycles. The predicted octanol–water partition coefficient (Wildman–Crippen LogP) is 1.69. The third kappa shape index (κ3) is 2.09. The molecular weight excluding hydrogens is 170 g/mol. The topological polar surface area (TPSA) is 51.5 Å². The fourth-order valence-corrected chi connectivity index (χ4v) is 1.10. The molecule has 0 fully saturated rings. The van der Waals surface area contributed by atoms with E-state index in [9.17, 15) is 4.79 Å². The summed E-state index contributed by atoms with van der Waals surface area (Å²) < 4.78 is 5.18. The van der Waals surface area contributed by atoms with Crippen molar-refractivity contribution in [2.24, 2.45) is 0 Å². The summed E-state index contributed by atoms with van der Waals surface area (Å²) in [4.78, 5) is 15.9. The lowest BCUT2D eigenvalue weighted by molar-refractivity contribution is 0.0535. The summed E-state index contributed by atoms with van der Waals surface area (Å²) in [5.74, 6) is 0.585. The second-order valence-electron chi connectivity index (χ2n) is 2.99. The van der Waals surface area contributed by atoms with Crippen molar-refractivity contribution < 1.29 is 14.0 Å². The molecule has 1 aromatic heterocycles. The quantitative estimate of drug-likeness (QED) is 0.725. The molecule has 4 nitrogen and oxygen atoms in total. The van der Waals surface area contributed by atoms with Gasteiger partial charge in [-0.2, -0.15) is 0 Å². The van der Waals surface area contributed by atoms with E-state index in [1.54, 1.807) is 6.07 Å². The van der Waals surface area contributed by atoms with Gasteiger partial charge in [0.05, 0.1) is 18.9 Å². The molecule has 1 amide bonds. The monoisotopic (exact) mass is 183 g/mol. The lowest BCUT2D eigenvalue weighted by Gasteiger charge is -2.04. The van der Waals surface area contributed by atoms with Crippen LogP contribution in [0, 0.1) is 0 Å². The third-order valence-corrected chi connectivity index (χ3v) is 1.66. The van der Waals surface area contributed by atoms with Gasteiger partial charge in [0, 0.05) is 5.92 Å². The van der Waals surface area contributed by atoms with E-state index in [1.165, 1.54) is 13.4 Å². The van der Waals surface area contributed by atoms with Crippen LogP contribution in [0.3, 0.4) is 0 Å². The minimum atomic E-state index is -0.278. The van der Waals surface area contributed by atoms with Crippen LogP contribution >= 0.6 is 0 Å². The van der Waals surface area contributed by atoms with Gasteiger partial charge in [0.15, 0.2) is 0 Å². The molecule has 0 saturated heterocycles. The first-order valence-electron chi connectivity index (χ1n) is 4.07. The Balaban J connectivity index is 2.87. The molecule has 13 heavy (non-hydrogen) atoms. The number of furan rings is 1. The lowest BCUT2D eigenvalue weighted by Crippen LogP contribution is -2.22. The SMILES string of the molecule is CONC(=O)c1ccoc1C(C)C. The first-order valence-corrected chi connectivity index (χ1v) is 4.07. The average Bonchev–Trinajstić information content (AvgIpc) is 2.52. The van der Waals surface area contributed by atoms with Gasteiger partial charge in [0.25, 0.3) is 5.91 Å². The van der Waals surface area contributed by atoms with E-state index in [4.69, 9.17) is 4.42 Å². The highest BCUT2D eigenvalue weighted by Gasteiger charge is 2.16. The second-order valence-corrected chi connectivity index (χ2v) is 2.99. The number of carbonyl (C=O) groups excluding carboxylic acids is 1. The van der Waals surface area contributed by atoms with E-state index >= 15 is 0 Å². The zero-order valence-corrected chi connectivity index (χ0v) is 7.96. The van der Waals surface area contributed by atoms with Crippen LogP contribution in [0.2, 0.25) is 0 Å². The van der Waals surface area contributed by atoms with E-state index < -0.39 is 0 Å². The molecule has 1 heterocycles. The number of hydroxylamine groups is 1. The Bertz CT molecular complexity index is 291. The van der Waals surface area contributed by atoms with Gasteiger partial charge in [-0.25, -0.2) is 5.48 Å². The maximum Gasteiger partial charge on any atom is 0.278 e. The molecule has 4 heteroatoms. The van der Waals surface area contributed by atoms with Crippen LogP contribution in [-0.2, 0) is 4.84 Å². The molecule has 0 bridgehead atoms. The maximum atomic E-state index is 11.3. The highest BCUT2D eigenvalue weighted by molar-refractivity contribution is 5.94. The van der Waals surface area contributed by atoms with Crippen molar-refractivity contribution in [1.82, 2.24) is 5.48 Å². The Hall–Kier alpha value is -1.29. The largest absolute Gasteiger partial charge is 0.468 e. The van der Waals surface area contributed by atoms with Crippen molar-refractivity contribution in [2.75, 3.05) is 7.11 Å². The van der Waals surface area contributed by atoms with Crippen molar-refractivity contribution in [3.05, 3.63) is 23.7 Å². The molecule has 1 N–H and O–H groups in total. The van der Waals surface area contributed by atoms with Gasteiger partial charge in [0.2, 0.25) is 0 Å². The van der Waals surface area contributed by atoms with Gasteiger partial charge >= 0.3 is 0 Å². The first-order chi connectivity index (χ1) is 6.16. The molecule has 1 rings (SSSR count). The number of nitrogens with one attached hydrogen (secondary N) is 1.